The fourth-order valence-electron chi connectivity index (χ4n) is 2.88. The van der Waals surface area contributed by atoms with Gasteiger partial charge in [-0.25, -0.2) is 0 Å². The van der Waals surface area contributed by atoms with Crippen LogP contribution in [0.5, 0.6) is 5.75 Å². The Hall–Kier alpha value is -1.81. The predicted octanol–water partition coefficient (Wildman–Crippen LogP) is 2.26. The van der Waals surface area contributed by atoms with E-state index in [0.29, 0.717) is 11.7 Å². The van der Waals surface area contributed by atoms with Gasteiger partial charge < -0.3 is 10.4 Å². The second kappa shape index (κ2) is 5.05. The SMILES string of the molecule is Cn1ncc(-c2ccc(O)cc2)c1C1CCCNC1. The third-order valence-electron chi connectivity index (χ3n) is 3.85. The highest BCUT2D eigenvalue weighted by Crippen LogP contribution is 2.32. The molecular formula is C15H19N3O. The summed E-state index contributed by atoms with van der Waals surface area (Å²) in [7, 11) is 2.01. The lowest BCUT2D eigenvalue weighted by atomic mass is 9.91. The number of aromatic hydroxyl groups is 1. The summed E-state index contributed by atoms with van der Waals surface area (Å²) in [6, 6.07) is 7.36. The maximum absolute atomic E-state index is 9.40. The molecule has 4 nitrogen and oxygen atoms in total. The summed E-state index contributed by atoms with van der Waals surface area (Å²) in [5, 5.41) is 17.3. The van der Waals surface area contributed by atoms with Crippen LogP contribution in [0.2, 0.25) is 0 Å². The quantitative estimate of drug-likeness (QED) is 0.867. The monoisotopic (exact) mass is 257 g/mol. The van der Waals surface area contributed by atoms with Crippen LogP contribution < -0.4 is 5.32 Å². The topological polar surface area (TPSA) is 50.1 Å². The smallest absolute Gasteiger partial charge is 0.115 e. The van der Waals surface area contributed by atoms with Gasteiger partial charge in [-0.2, -0.15) is 5.10 Å². The normalized spacial score (nSPS) is 19.5. The first-order chi connectivity index (χ1) is 9.25. The maximum Gasteiger partial charge on any atom is 0.115 e. The highest BCUT2D eigenvalue weighted by Gasteiger charge is 2.22. The third-order valence-corrected chi connectivity index (χ3v) is 3.85. The Balaban J connectivity index is 1.99. The molecule has 0 amide bonds. The summed E-state index contributed by atoms with van der Waals surface area (Å²) in [5.41, 5.74) is 3.58. The molecule has 1 aromatic heterocycles. The Labute approximate surface area is 113 Å². The van der Waals surface area contributed by atoms with Gasteiger partial charge in [0.2, 0.25) is 0 Å². The summed E-state index contributed by atoms with van der Waals surface area (Å²) in [5.74, 6) is 0.818. The first kappa shape index (κ1) is 12.2. The molecule has 0 radical (unpaired) electrons. The van der Waals surface area contributed by atoms with Crippen molar-refractivity contribution in [1.29, 1.82) is 0 Å². The van der Waals surface area contributed by atoms with Crippen LogP contribution in [0.4, 0.5) is 0 Å². The zero-order chi connectivity index (χ0) is 13.2. The Morgan fingerprint density at radius 1 is 1.32 bits per heavy atom. The molecule has 4 heteroatoms. The van der Waals surface area contributed by atoms with Crippen LogP contribution in [0.3, 0.4) is 0 Å². The van der Waals surface area contributed by atoms with Crippen molar-refractivity contribution in [3.8, 4) is 16.9 Å². The van der Waals surface area contributed by atoms with E-state index in [1.54, 1.807) is 12.1 Å². The molecule has 1 aliphatic rings. The van der Waals surface area contributed by atoms with Gasteiger partial charge in [0.05, 0.1) is 11.9 Å². The van der Waals surface area contributed by atoms with Crippen molar-refractivity contribution in [2.24, 2.45) is 7.05 Å². The Kier molecular flexibility index (Phi) is 3.25. The van der Waals surface area contributed by atoms with Crippen molar-refractivity contribution in [3.05, 3.63) is 36.2 Å². The van der Waals surface area contributed by atoms with Gasteiger partial charge in [0.15, 0.2) is 0 Å². The van der Waals surface area contributed by atoms with E-state index >= 15 is 0 Å². The van der Waals surface area contributed by atoms with E-state index in [0.717, 1.165) is 18.7 Å². The molecule has 3 rings (SSSR count). The van der Waals surface area contributed by atoms with Gasteiger partial charge in [-0.3, -0.25) is 4.68 Å². The van der Waals surface area contributed by atoms with E-state index in [1.165, 1.54) is 24.1 Å². The summed E-state index contributed by atoms with van der Waals surface area (Å²) in [4.78, 5) is 0. The third kappa shape index (κ3) is 2.36. The molecule has 0 bridgehead atoms. The molecule has 1 aromatic carbocycles. The minimum Gasteiger partial charge on any atom is -0.508 e. The molecule has 1 saturated heterocycles. The first-order valence-electron chi connectivity index (χ1n) is 6.77. The molecule has 19 heavy (non-hydrogen) atoms. The molecule has 1 atom stereocenters. The summed E-state index contributed by atoms with van der Waals surface area (Å²) < 4.78 is 1.99. The number of aryl methyl sites for hydroxylation is 1. The Morgan fingerprint density at radius 2 is 2.11 bits per heavy atom. The summed E-state index contributed by atoms with van der Waals surface area (Å²) in [6.45, 7) is 2.13. The van der Waals surface area contributed by atoms with Crippen molar-refractivity contribution in [3.63, 3.8) is 0 Å². The average Bonchev–Trinajstić information content (AvgIpc) is 2.82. The second-order valence-corrected chi connectivity index (χ2v) is 5.16. The fourth-order valence-corrected chi connectivity index (χ4v) is 2.88. The number of phenolic OH excluding ortho intramolecular Hbond substituents is 1. The molecule has 2 aromatic rings. The molecule has 0 aliphatic carbocycles. The van der Waals surface area contributed by atoms with Gasteiger partial charge in [0, 0.05) is 25.1 Å². The molecule has 1 unspecified atom stereocenters. The van der Waals surface area contributed by atoms with Gasteiger partial charge >= 0.3 is 0 Å². The number of hydrogen-bond acceptors (Lipinski definition) is 3. The van der Waals surface area contributed by atoms with Crippen LogP contribution in [0, 0.1) is 0 Å². The van der Waals surface area contributed by atoms with Crippen LogP contribution in [0.25, 0.3) is 11.1 Å². The van der Waals surface area contributed by atoms with Gasteiger partial charge in [0.25, 0.3) is 0 Å². The van der Waals surface area contributed by atoms with Crippen LogP contribution >= 0.6 is 0 Å². The van der Waals surface area contributed by atoms with Crippen molar-refractivity contribution < 1.29 is 5.11 Å². The van der Waals surface area contributed by atoms with Crippen molar-refractivity contribution in [1.82, 2.24) is 15.1 Å². The molecule has 0 spiro atoms. The number of piperidine rings is 1. The predicted molar refractivity (Wildman–Crippen MR) is 75.2 cm³/mol. The lowest BCUT2D eigenvalue weighted by Gasteiger charge is -2.24. The molecule has 1 aliphatic heterocycles. The number of aromatic nitrogens is 2. The zero-order valence-electron chi connectivity index (χ0n) is 11.1. The molecule has 100 valence electrons. The molecule has 0 saturated carbocycles. The van der Waals surface area contributed by atoms with E-state index in [-0.39, 0.29) is 0 Å². The number of hydrogen-bond donors (Lipinski definition) is 2. The average molecular weight is 257 g/mol. The first-order valence-corrected chi connectivity index (χ1v) is 6.77. The minimum atomic E-state index is 0.300. The van der Waals surface area contributed by atoms with Gasteiger partial charge in [0.1, 0.15) is 5.75 Å². The molecule has 2 N–H and O–H groups in total. The lowest BCUT2D eigenvalue weighted by molar-refractivity contribution is 0.442. The molecule has 1 fully saturated rings. The lowest BCUT2D eigenvalue weighted by Crippen LogP contribution is -2.29. The maximum atomic E-state index is 9.40. The van der Waals surface area contributed by atoms with Gasteiger partial charge in [-0.1, -0.05) is 12.1 Å². The number of phenols is 1. The largest absolute Gasteiger partial charge is 0.508 e. The van der Waals surface area contributed by atoms with Crippen molar-refractivity contribution in [2.75, 3.05) is 13.1 Å². The highest BCUT2D eigenvalue weighted by molar-refractivity contribution is 5.66. The van der Waals surface area contributed by atoms with Gasteiger partial charge in [-0.15, -0.1) is 0 Å². The van der Waals surface area contributed by atoms with Crippen LogP contribution in [-0.2, 0) is 7.05 Å². The van der Waals surface area contributed by atoms with E-state index in [9.17, 15) is 5.11 Å². The summed E-state index contributed by atoms with van der Waals surface area (Å²) >= 11 is 0. The van der Waals surface area contributed by atoms with Crippen LogP contribution in [0.1, 0.15) is 24.5 Å². The second-order valence-electron chi connectivity index (χ2n) is 5.16. The fraction of sp³-hybridized carbons (Fsp3) is 0.400. The number of rotatable bonds is 2. The van der Waals surface area contributed by atoms with Gasteiger partial charge in [-0.05, 0) is 37.1 Å². The van der Waals surface area contributed by atoms with E-state index in [2.05, 4.69) is 10.4 Å². The Morgan fingerprint density at radius 3 is 2.79 bits per heavy atom. The van der Waals surface area contributed by atoms with E-state index in [1.807, 2.05) is 30.1 Å². The van der Waals surface area contributed by atoms with Crippen molar-refractivity contribution >= 4 is 0 Å². The van der Waals surface area contributed by atoms with Crippen molar-refractivity contribution in [2.45, 2.75) is 18.8 Å². The molecular weight excluding hydrogens is 238 g/mol. The molecule has 2 heterocycles. The van der Waals surface area contributed by atoms with E-state index in [4.69, 9.17) is 0 Å². The summed E-state index contributed by atoms with van der Waals surface area (Å²) in [6.07, 6.45) is 4.35. The number of nitrogens with zero attached hydrogens (tertiary/aromatic N) is 2. The van der Waals surface area contributed by atoms with Crippen LogP contribution in [-0.4, -0.2) is 28.0 Å². The van der Waals surface area contributed by atoms with E-state index < -0.39 is 0 Å². The standard InChI is InChI=1S/C15H19N3O/c1-18-15(12-3-2-8-16-9-12)14(10-17-18)11-4-6-13(19)7-5-11/h4-7,10,12,16,19H,2-3,8-9H2,1H3. The highest BCUT2D eigenvalue weighted by atomic mass is 16.3. The number of benzene rings is 1. The Bertz CT molecular complexity index is 553. The van der Waals surface area contributed by atoms with Crippen LogP contribution in [0.15, 0.2) is 30.5 Å². The minimum absolute atomic E-state index is 0.300. The number of nitrogens with one attached hydrogen (secondary N) is 1. The zero-order valence-corrected chi connectivity index (χ0v) is 11.1.